The normalized spacial score (nSPS) is 23.9. The van der Waals surface area contributed by atoms with E-state index in [2.05, 4.69) is 6.92 Å². The molecule has 0 bridgehead atoms. The number of amides is 1. The molecule has 20 heavy (non-hydrogen) atoms. The molecule has 2 atom stereocenters. The molecule has 4 heteroatoms. The highest BCUT2D eigenvalue weighted by molar-refractivity contribution is 5.88. The lowest BCUT2D eigenvalue weighted by Gasteiger charge is -2.36. The molecule has 0 aromatic heterocycles. The van der Waals surface area contributed by atoms with Crippen LogP contribution in [0.3, 0.4) is 0 Å². The van der Waals surface area contributed by atoms with E-state index in [9.17, 15) is 14.7 Å². The first kappa shape index (κ1) is 17.0. The highest BCUT2D eigenvalue weighted by Gasteiger charge is 2.49. The first-order valence-electron chi connectivity index (χ1n) is 8.08. The lowest BCUT2D eigenvalue weighted by Crippen LogP contribution is -2.54. The molecule has 2 unspecified atom stereocenters. The summed E-state index contributed by atoms with van der Waals surface area (Å²) in [6.45, 7) is 6.73. The topological polar surface area (TPSA) is 57.6 Å². The Morgan fingerprint density at radius 2 is 1.95 bits per heavy atom. The summed E-state index contributed by atoms with van der Waals surface area (Å²) >= 11 is 0. The van der Waals surface area contributed by atoms with E-state index in [-0.39, 0.29) is 11.8 Å². The third kappa shape index (κ3) is 3.33. The molecule has 1 heterocycles. The molecule has 0 aromatic rings. The van der Waals surface area contributed by atoms with Gasteiger partial charge in [0.2, 0.25) is 5.91 Å². The second-order valence-corrected chi connectivity index (χ2v) is 5.93. The van der Waals surface area contributed by atoms with Crippen molar-refractivity contribution in [1.29, 1.82) is 0 Å². The number of nitrogens with zero attached hydrogens (tertiary/aromatic N) is 1. The van der Waals surface area contributed by atoms with Crippen LogP contribution in [0.1, 0.15) is 72.1 Å². The third-order valence-corrected chi connectivity index (χ3v) is 4.56. The predicted octanol–water partition coefficient (Wildman–Crippen LogP) is 3.45. The number of hydrogen-bond donors (Lipinski definition) is 1. The second-order valence-electron chi connectivity index (χ2n) is 5.93. The van der Waals surface area contributed by atoms with Gasteiger partial charge in [-0.1, -0.05) is 40.0 Å². The fourth-order valence-corrected chi connectivity index (χ4v) is 3.38. The number of rotatable bonds is 8. The summed E-state index contributed by atoms with van der Waals surface area (Å²) < 4.78 is 0. The second kappa shape index (κ2) is 7.65. The summed E-state index contributed by atoms with van der Waals surface area (Å²) in [5, 5.41) is 9.65. The fourth-order valence-electron chi connectivity index (χ4n) is 3.38. The van der Waals surface area contributed by atoms with Crippen molar-refractivity contribution in [2.75, 3.05) is 6.54 Å². The minimum Gasteiger partial charge on any atom is -0.479 e. The lowest BCUT2D eigenvalue weighted by molar-refractivity contribution is -0.159. The average Bonchev–Trinajstić information content (AvgIpc) is 2.85. The summed E-state index contributed by atoms with van der Waals surface area (Å²) in [6.07, 6.45) is 6.56. The highest BCUT2D eigenvalue weighted by Crippen LogP contribution is 2.36. The zero-order chi connectivity index (χ0) is 15.2. The van der Waals surface area contributed by atoms with Gasteiger partial charge in [-0.25, -0.2) is 4.79 Å². The summed E-state index contributed by atoms with van der Waals surface area (Å²) in [7, 11) is 0. The van der Waals surface area contributed by atoms with Crippen LogP contribution in [-0.2, 0) is 9.59 Å². The zero-order valence-electron chi connectivity index (χ0n) is 13.2. The van der Waals surface area contributed by atoms with E-state index >= 15 is 0 Å². The van der Waals surface area contributed by atoms with E-state index in [1.54, 1.807) is 4.90 Å². The van der Waals surface area contributed by atoms with Crippen LogP contribution in [0.2, 0.25) is 0 Å². The van der Waals surface area contributed by atoms with Gasteiger partial charge in [-0.3, -0.25) is 4.79 Å². The Kier molecular flexibility index (Phi) is 6.50. The highest BCUT2D eigenvalue weighted by atomic mass is 16.4. The molecule has 116 valence electrons. The van der Waals surface area contributed by atoms with Crippen molar-refractivity contribution in [1.82, 2.24) is 4.90 Å². The van der Waals surface area contributed by atoms with Crippen molar-refractivity contribution in [3.8, 4) is 0 Å². The van der Waals surface area contributed by atoms with Gasteiger partial charge in [0.1, 0.15) is 5.54 Å². The van der Waals surface area contributed by atoms with E-state index in [1.807, 2.05) is 13.8 Å². The van der Waals surface area contributed by atoms with E-state index in [4.69, 9.17) is 0 Å². The molecule has 0 radical (unpaired) electrons. The molecule has 1 amide bonds. The van der Waals surface area contributed by atoms with Crippen LogP contribution in [0.15, 0.2) is 0 Å². The smallest absolute Gasteiger partial charge is 0.329 e. The molecule has 1 fully saturated rings. The molecular weight excluding hydrogens is 254 g/mol. The maximum atomic E-state index is 12.7. The van der Waals surface area contributed by atoms with Gasteiger partial charge in [0, 0.05) is 12.5 Å². The van der Waals surface area contributed by atoms with Gasteiger partial charge in [0.15, 0.2) is 0 Å². The number of carbonyl (C=O) groups excluding carboxylic acids is 1. The molecule has 0 aliphatic carbocycles. The van der Waals surface area contributed by atoms with Crippen LogP contribution in [0.5, 0.6) is 0 Å². The van der Waals surface area contributed by atoms with Crippen LogP contribution in [0.4, 0.5) is 0 Å². The van der Waals surface area contributed by atoms with Crippen LogP contribution < -0.4 is 0 Å². The van der Waals surface area contributed by atoms with E-state index in [1.165, 1.54) is 0 Å². The van der Waals surface area contributed by atoms with Crippen LogP contribution >= 0.6 is 0 Å². The molecule has 0 aromatic carbocycles. The van der Waals surface area contributed by atoms with Gasteiger partial charge in [0.05, 0.1) is 0 Å². The molecule has 1 aliphatic heterocycles. The van der Waals surface area contributed by atoms with Crippen molar-refractivity contribution in [2.45, 2.75) is 77.7 Å². The van der Waals surface area contributed by atoms with Crippen LogP contribution in [0.25, 0.3) is 0 Å². The molecule has 1 N–H and O–H groups in total. The minimum atomic E-state index is -0.939. The van der Waals surface area contributed by atoms with Gasteiger partial charge in [-0.05, 0) is 32.1 Å². The number of aliphatic carboxylic acids is 1. The maximum Gasteiger partial charge on any atom is 0.329 e. The largest absolute Gasteiger partial charge is 0.479 e. The van der Waals surface area contributed by atoms with Crippen molar-refractivity contribution >= 4 is 11.9 Å². The Labute approximate surface area is 122 Å². The SMILES string of the molecule is CCCCC(CC)C(=O)N1CCCC1(CCC)C(=O)O. The molecule has 0 spiro atoms. The van der Waals surface area contributed by atoms with Crippen molar-refractivity contribution < 1.29 is 14.7 Å². The Morgan fingerprint density at radius 3 is 2.45 bits per heavy atom. The standard InChI is InChI=1S/C16H29NO3/c1-4-7-9-13(6-3)14(18)17-12-8-11-16(17,10-5-2)15(19)20/h13H,4-12H2,1-3H3,(H,19,20). The number of carbonyl (C=O) groups is 2. The molecule has 0 saturated carbocycles. The van der Waals surface area contributed by atoms with Gasteiger partial charge in [-0.2, -0.15) is 0 Å². The monoisotopic (exact) mass is 283 g/mol. The summed E-state index contributed by atoms with van der Waals surface area (Å²) in [4.78, 5) is 26.2. The van der Waals surface area contributed by atoms with E-state index in [0.717, 1.165) is 38.5 Å². The van der Waals surface area contributed by atoms with Gasteiger partial charge < -0.3 is 10.0 Å². The minimum absolute atomic E-state index is 0.0105. The number of carboxylic acids is 1. The molecule has 1 rings (SSSR count). The Balaban J connectivity index is 2.90. The van der Waals surface area contributed by atoms with Crippen LogP contribution in [-0.4, -0.2) is 34.0 Å². The van der Waals surface area contributed by atoms with Crippen molar-refractivity contribution in [3.63, 3.8) is 0 Å². The zero-order valence-corrected chi connectivity index (χ0v) is 13.2. The molecule has 1 saturated heterocycles. The number of unbranched alkanes of at least 4 members (excludes halogenated alkanes) is 1. The number of carboxylic acid groups (broad SMARTS) is 1. The fraction of sp³-hybridized carbons (Fsp3) is 0.875. The Morgan fingerprint density at radius 1 is 1.25 bits per heavy atom. The summed E-state index contributed by atoms with van der Waals surface area (Å²) in [5.74, 6) is -0.770. The van der Waals surface area contributed by atoms with E-state index < -0.39 is 11.5 Å². The summed E-state index contributed by atoms with van der Waals surface area (Å²) in [6, 6.07) is 0. The Hall–Kier alpha value is -1.06. The quantitative estimate of drug-likeness (QED) is 0.742. The molecular formula is C16H29NO3. The average molecular weight is 283 g/mol. The maximum absolute atomic E-state index is 12.7. The lowest BCUT2D eigenvalue weighted by atomic mass is 9.88. The van der Waals surface area contributed by atoms with Gasteiger partial charge in [-0.15, -0.1) is 0 Å². The van der Waals surface area contributed by atoms with Gasteiger partial charge in [0.25, 0.3) is 0 Å². The third-order valence-electron chi connectivity index (χ3n) is 4.56. The van der Waals surface area contributed by atoms with Crippen LogP contribution in [0, 0.1) is 5.92 Å². The molecule has 1 aliphatic rings. The number of likely N-dealkylation sites (tertiary alicyclic amines) is 1. The predicted molar refractivity (Wildman–Crippen MR) is 79.5 cm³/mol. The summed E-state index contributed by atoms with van der Waals surface area (Å²) in [5.41, 5.74) is -0.939. The van der Waals surface area contributed by atoms with Crippen molar-refractivity contribution in [3.05, 3.63) is 0 Å². The number of hydrogen-bond acceptors (Lipinski definition) is 2. The van der Waals surface area contributed by atoms with Crippen molar-refractivity contribution in [2.24, 2.45) is 5.92 Å². The Bertz CT molecular complexity index is 343. The van der Waals surface area contributed by atoms with E-state index in [0.29, 0.717) is 19.4 Å². The first-order chi connectivity index (χ1) is 9.53. The molecule has 4 nitrogen and oxygen atoms in total. The first-order valence-corrected chi connectivity index (χ1v) is 8.08. The van der Waals surface area contributed by atoms with Gasteiger partial charge >= 0.3 is 5.97 Å².